The first kappa shape index (κ1) is 36.7. The van der Waals surface area contributed by atoms with E-state index in [4.69, 9.17) is 52.1 Å². The molecule has 11 atom stereocenters. The summed E-state index contributed by atoms with van der Waals surface area (Å²) >= 11 is 0. The zero-order valence-corrected chi connectivity index (χ0v) is 27.1. The Balaban J connectivity index is 1.74. The van der Waals surface area contributed by atoms with Crippen LogP contribution in [0, 0.1) is 0 Å². The second kappa shape index (κ2) is 16.3. The average Bonchev–Trinajstić information content (AvgIpc) is 2.99. The Hall–Kier alpha value is -4.16. The molecule has 3 aliphatic heterocycles. The summed E-state index contributed by atoms with van der Waals surface area (Å²) in [7, 11) is 0. The molecule has 1 aromatic carbocycles. The largest absolute Gasteiger partial charge is 0.463 e. The number of benzene rings is 1. The smallest absolute Gasteiger partial charge is 0.305 e. The average molecular weight is 683 g/mol. The van der Waals surface area contributed by atoms with Crippen LogP contribution in [0.4, 0.5) is 0 Å². The summed E-state index contributed by atoms with van der Waals surface area (Å²) in [5.41, 5.74) is 0.663. The number of fused-ring (bicyclic) bond motifs is 1. The second-order valence-corrected chi connectivity index (χ2v) is 11.1. The van der Waals surface area contributed by atoms with Gasteiger partial charge in [-0.1, -0.05) is 30.3 Å². The Morgan fingerprint density at radius 1 is 0.604 bits per heavy atom. The van der Waals surface area contributed by atoms with Crippen molar-refractivity contribution >= 4 is 35.8 Å². The molecule has 48 heavy (non-hydrogen) atoms. The fraction of sp³-hybridized carbons (Fsp3) is 0.613. The number of esters is 6. The van der Waals surface area contributed by atoms with Gasteiger partial charge >= 0.3 is 35.8 Å². The molecule has 17 nitrogen and oxygen atoms in total. The van der Waals surface area contributed by atoms with Crippen LogP contribution in [0.15, 0.2) is 30.3 Å². The monoisotopic (exact) mass is 682 g/mol. The normalized spacial score (nSPS) is 32.8. The molecule has 0 saturated carbocycles. The maximum atomic E-state index is 12.4. The van der Waals surface area contributed by atoms with E-state index in [2.05, 4.69) is 0 Å². The maximum Gasteiger partial charge on any atom is 0.305 e. The van der Waals surface area contributed by atoms with Gasteiger partial charge in [0.25, 0.3) is 0 Å². The number of carbonyl (C=O) groups is 6. The molecule has 3 saturated heterocycles. The van der Waals surface area contributed by atoms with Crippen molar-refractivity contribution < 1.29 is 80.9 Å². The third-order valence-corrected chi connectivity index (χ3v) is 7.18. The Kier molecular flexibility index (Phi) is 12.4. The molecule has 4 rings (SSSR count). The van der Waals surface area contributed by atoms with Gasteiger partial charge in [0.15, 0.2) is 30.9 Å². The van der Waals surface area contributed by atoms with E-state index in [1.165, 1.54) is 0 Å². The lowest BCUT2D eigenvalue weighted by Crippen LogP contribution is -2.68. The third-order valence-electron chi connectivity index (χ3n) is 7.18. The number of rotatable bonds is 10. The lowest BCUT2D eigenvalue weighted by molar-refractivity contribution is -0.384. The fourth-order valence-corrected chi connectivity index (χ4v) is 5.51. The molecule has 0 aliphatic carbocycles. The predicted molar refractivity (Wildman–Crippen MR) is 153 cm³/mol. The van der Waals surface area contributed by atoms with Gasteiger partial charge < -0.3 is 52.1 Å². The summed E-state index contributed by atoms with van der Waals surface area (Å²) in [6.45, 7) is 5.97. The topological polar surface area (TPSA) is 204 Å². The van der Waals surface area contributed by atoms with E-state index >= 15 is 0 Å². The molecule has 17 heteroatoms. The predicted octanol–water partition coefficient (Wildman–Crippen LogP) is 0.789. The highest BCUT2D eigenvalue weighted by molar-refractivity contribution is 5.69. The van der Waals surface area contributed by atoms with Gasteiger partial charge in [-0.2, -0.15) is 0 Å². The molecular formula is C31H38O17. The molecule has 11 unspecified atom stereocenters. The van der Waals surface area contributed by atoms with E-state index in [0.29, 0.717) is 5.56 Å². The van der Waals surface area contributed by atoms with Gasteiger partial charge in [-0.05, 0) is 0 Å². The summed E-state index contributed by atoms with van der Waals surface area (Å²) in [5.74, 6) is -4.82. The Labute approximate surface area is 275 Å². The highest BCUT2D eigenvalue weighted by Gasteiger charge is 2.58. The molecule has 264 valence electrons. The van der Waals surface area contributed by atoms with E-state index in [0.717, 1.165) is 41.5 Å². The molecule has 0 aromatic heterocycles. The van der Waals surface area contributed by atoms with Crippen LogP contribution in [-0.4, -0.2) is 110 Å². The van der Waals surface area contributed by atoms with Crippen molar-refractivity contribution in [2.24, 2.45) is 0 Å². The zero-order valence-electron chi connectivity index (χ0n) is 27.1. The van der Waals surface area contributed by atoms with E-state index in [-0.39, 0.29) is 6.61 Å². The minimum atomic E-state index is -1.64. The van der Waals surface area contributed by atoms with Crippen LogP contribution < -0.4 is 0 Å². The van der Waals surface area contributed by atoms with Crippen molar-refractivity contribution in [2.75, 3.05) is 13.2 Å². The summed E-state index contributed by atoms with van der Waals surface area (Å²) in [4.78, 5) is 73.0. The van der Waals surface area contributed by atoms with E-state index in [9.17, 15) is 28.8 Å². The number of ether oxygens (including phenoxy) is 11. The molecule has 3 aliphatic rings. The van der Waals surface area contributed by atoms with Gasteiger partial charge in [-0.25, -0.2) is 0 Å². The number of hydrogen-bond acceptors (Lipinski definition) is 17. The van der Waals surface area contributed by atoms with Crippen molar-refractivity contribution in [1.82, 2.24) is 0 Å². The minimum Gasteiger partial charge on any atom is -0.463 e. The first-order valence-electron chi connectivity index (χ1n) is 15.0. The van der Waals surface area contributed by atoms with Gasteiger partial charge in [0.05, 0.1) is 6.61 Å². The quantitative estimate of drug-likeness (QED) is 0.247. The Morgan fingerprint density at radius 2 is 1.15 bits per heavy atom. The molecule has 0 bridgehead atoms. The van der Waals surface area contributed by atoms with Gasteiger partial charge in [-0.3, -0.25) is 28.8 Å². The lowest BCUT2D eigenvalue weighted by Gasteiger charge is -2.50. The summed E-state index contributed by atoms with van der Waals surface area (Å²) < 4.78 is 63.0. The molecule has 3 fully saturated rings. The van der Waals surface area contributed by atoms with Crippen molar-refractivity contribution in [3.63, 3.8) is 0 Å². The van der Waals surface area contributed by atoms with E-state index < -0.39 is 110 Å². The van der Waals surface area contributed by atoms with Crippen LogP contribution in [0.25, 0.3) is 0 Å². The molecule has 1 aromatic rings. The SMILES string of the molecule is CC(=O)OCC1OC(OC(C)=O)C(OC(C)=O)C(OC(C)=O)C1OC1OC2COC(c3ccccc3)OC2C(OC(C)=O)C1OC(C)=O. The zero-order chi connectivity index (χ0) is 35.1. The van der Waals surface area contributed by atoms with E-state index in [1.807, 2.05) is 6.07 Å². The minimum absolute atomic E-state index is 0.0926. The second-order valence-electron chi connectivity index (χ2n) is 11.1. The van der Waals surface area contributed by atoms with Gasteiger partial charge in [0, 0.05) is 47.1 Å². The van der Waals surface area contributed by atoms with Gasteiger partial charge in [-0.15, -0.1) is 0 Å². The first-order chi connectivity index (χ1) is 22.7. The van der Waals surface area contributed by atoms with Crippen LogP contribution in [-0.2, 0) is 80.9 Å². The van der Waals surface area contributed by atoms with Crippen LogP contribution >= 0.6 is 0 Å². The standard InChI is InChI=1S/C31H38O17/c1-14(32)38-12-21-24(26(41-16(3)34)27(42-17(4)35)30(45-21)44-19(6)37)48-31-28(43-18(5)36)25(40-15(2)33)23-22(46-31)13-39-29(47-23)20-10-8-7-9-11-20/h7-11,21-31H,12-13H2,1-6H3. The van der Waals surface area contributed by atoms with E-state index in [1.54, 1.807) is 24.3 Å². The van der Waals surface area contributed by atoms with Crippen molar-refractivity contribution in [3.05, 3.63) is 35.9 Å². The number of carbonyl (C=O) groups excluding carboxylic acids is 6. The first-order valence-corrected chi connectivity index (χ1v) is 15.0. The van der Waals surface area contributed by atoms with Crippen LogP contribution in [0.1, 0.15) is 53.4 Å². The van der Waals surface area contributed by atoms with Crippen molar-refractivity contribution in [2.45, 2.75) is 109 Å². The van der Waals surface area contributed by atoms with Crippen molar-refractivity contribution in [3.8, 4) is 0 Å². The molecular weight excluding hydrogens is 644 g/mol. The summed E-state index contributed by atoms with van der Waals surface area (Å²) in [5, 5.41) is 0. The highest BCUT2D eigenvalue weighted by atomic mass is 16.8. The molecule has 3 heterocycles. The maximum absolute atomic E-state index is 12.4. The molecule has 0 radical (unpaired) electrons. The van der Waals surface area contributed by atoms with Crippen molar-refractivity contribution in [1.29, 1.82) is 0 Å². The summed E-state index contributed by atoms with van der Waals surface area (Å²) in [6, 6.07) is 8.93. The van der Waals surface area contributed by atoms with Crippen LogP contribution in [0.2, 0.25) is 0 Å². The van der Waals surface area contributed by atoms with Crippen LogP contribution in [0.5, 0.6) is 0 Å². The van der Waals surface area contributed by atoms with Crippen LogP contribution in [0.3, 0.4) is 0 Å². The van der Waals surface area contributed by atoms with Gasteiger partial charge in [0.1, 0.15) is 31.0 Å². The summed E-state index contributed by atoms with van der Waals surface area (Å²) in [6.07, 6.45) is -15.0. The Bertz CT molecular complexity index is 1330. The molecule has 0 spiro atoms. The molecule has 0 amide bonds. The fourth-order valence-electron chi connectivity index (χ4n) is 5.51. The highest BCUT2D eigenvalue weighted by Crippen LogP contribution is 2.39. The molecule has 0 N–H and O–H groups in total. The third kappa shape index (κ3) is 9.47. The lowest BCUT2D eigenvalue weighted by atomic mass is 9.95. The van der Waals surface area contributed by atoms with Gasteiger partial charge in [0.2, 0.25) is 12.4 Å². The Morgan fingerprint density at radius 3 is 1.71 bits per heavy atom. The number of hydrogen-bond donors (Lipinski definition) is 0.